The number of carbonyl (C=O) groups excluding carboxylic acids is 1. The van der Waals surface area contributed by atoms with E-state index in [0.717, 1.165) is 21.4 Å². The predicted octanol–water partition coefficient (Wildman–Crippen LogP) is 5.09. The topological polar surface area (TPSA) is 39.2 Å². The molecular weight excluding hydrogens is 318 g/mol. The van der Waals surface area contributed by atoms with E-state index in [0.29, 0.717) is 11.3 Å². The van der Waals surface area contributed by atoms with Crippen LogP contribution >= 0.6 is 11.8 Å². The highest BCUT2D eigenvalue weighted by Crippen LogP contribution is 2.30. The van der Waals surface area contributed by atoms with E-state index in [1.165, 1.54) is 0 Å². The van der Waals surface area contributed by atoms with Crippen molar-refractivity contribution in [1.82, 2.24) is 4.98 Å². The molecule has 0 bridgehead atoms. The molecule has 0 amide bonds. The molecule has 3 rings (SSSR count). The second-order valence-corrected chi connectivity index (χ2v) is 6.75. The van der Waals surface area contributed by atoms with Crippen molar-refractivity contribution in [3.63, 3.8) is 0 Å². The molecule has 0 aliphatic heterocycles. The molecule has 0 radical (unpaired) electrons. The van der Waals surface area contributed by atoms with E-state index in [9.17, 15) is 4.79 Å². The number of pyridine rings is 1. The van der Waals surface area contributed by atoms with E-state index >= 15 is 0 Å². The number of carbonyl (C=O) groups is 1. The van der Waals surface area contributed by atoms with Gasteiger partial charge in [0.15, 0.2) is 0 Å². The zero-order chi connectivity index (χ0) is 16.9. The smallest absolute Gasteiger partial charge is 0.338 e. The van der Waals surface area contributed by atoms with Gasteiger partial charge in [0.2, 0.25) is 0 Å². The Balaban J connectivity index is 1.83. The number of esters is 1. The van der Waals surface area contributed by atoms with Gasteiger partial charge in [0, 0.05) is 22.2 Å². The Morgan fingerprint density at radius 3 is 2.71 bits per heavy atom. The summed E-state index contributed by atoms with van der Waals surface area (Å²) in [7, 11) is 0. The lowest BCUT2D eigenvalue weighted by atomic mass is 10.1. The summed E-state index contributed by atoms with van der Waals surface area (Å²) in [6.45, 7) is 3.72. The highest BCUT2D eigenvalue weighted by atomic mass is 32.2. The average molecular weight is 337 g/mol. The molecule has 0 aliphatic carbocycles. The summed E-state index contributed by atoms with van der Waals surface area (Å²) < 4.78 is 5.34. The van der Waals surface area contributed by atoms with Gasteiger partial charge in [-0.2, -0.15) is 0 Å². The molecule has 4 heteroatoms. The fraction of sp³-hybridized carbons (Fsp3) is 0.200. The lowest BCUT2D eigenvalue weighted by Gasteiger charge is -2.12. The summed E-state index contributed by atoms with van der Waals surface area (Å²) in [5.41, 5.74) is 2.60. The average Bonchev–Trinajstić information content (AvgIpc) is 2.59. The van der Waals surface area contributed by atoms with Gasteiger partial charge in [0.25, 0.3) is 0 Å². The molecule has 0 N–H and O–H groups in total. The van der Waals surface area contributed by atoms with Crippen molar-refractivity contribution >= 4 is 28.6 Å². The third kappa shape index (κ3) is 3.77. The van der Waals surface area contributed by atoms with E-state index in [-0.39, 0.29) is 12.1 Å². The van der Waals surface area contributed by atoms with Crippen molar-refractivity contribution in [3.05, 3.63) is 71.9 Å². The van der Waals surface area contributed by atoms with Crippen molar-refractivity contribution in [3.8, 4) is 0 Å². The number of thioether (sulfide) groups is 1. The first-order valence-corrected chi connectivity index (χ1v) is 8.89. The van der Waals surface area contributed by atoms with Gasteiger partial charge in [0.1, 0.15) is 0 Å². The van der Waals surface area contributed by atoms with Gasteiger partial charge in [-0.1, -0.05) is 36.4 Å². The highest BCUT2D eigenvalue weighted by molar-refractivity contribution is 7.98. The SMILES string of the molecule is CC(C)OC(=O)c1ccccc1CSc1cccc2cccnc12. The molecule has 122 valence electrons. The van der Waals surface area contributed by atoms with Crippen LogP contribution in [0.25, 0.3) is 10.9 Å². The lowest BCUT2D eigenvalue weighted by Crippen LogP contribution is -2.13. The quantitative estimate of drug-likeness (QED) is 0.480. The monoisotopic (exact) mass is 337 g/mol. The Labute approximate surface area is 146 Å². The molecule has 1 aromatic heterocycles. The fourth-order valence-electron chi connectivity index (χ4n) is 2.47. The summed E-state index contributed by atoms with van der Waals surface area (Å²) in [5, 5.41) is 1.12. The van der Waals surface area contributed by atoms with Gasteiger partial charge in [-0.25, -0.2) is 4.79 Å². The van der Waals surface area contributed by atoms with Crippen LogP contribution in [-0.2, 0) is 10.5 Å². The van der Waals surface area contributed by atoms with Gasteiger partial charge >= 0.3 is 5.97 Å². The minimum atomic E-state index is -0.266. The molecule has 2 aromatic carbocycles. The third-order valence-corrected chi connectivity index (χ3v) is 4.65. The molecule has 0 fully saturated rings. The molecule has 0 spiro atoms. The van der Waals surface area contributed by atoms with Crippen molar-refractivity contribution in [2.24, 2.45) is 0 Å². The Morgan fingerprint density at radius 1 is 1.08 bits per heavy atom. The van der Waals surface area contributed by atoms with Gasteiger partial charge in [0.05, 0.1) is 17.2 Å². The molecule has 0 unspecified atom stereocenters. The van der Waals surface area contributed by atoms with E-state index in [2.05, 4.69) is 23.2 Å². The number of rotatable bonds is 5. The number of ether oxygens (including phenoxy) is 1. The number of benzene rings is 2. The van der Waals surface area contributed by atoms with Crippen molar-refractivity contribution in [1.29, 1.82) is 0 Å². The zero-order valence-corrected chi connectivity index (χ0v) is 14.5. The molecular formula is C20H19NO2S. The van der Waals surface area contributed by atoms with E-state index in [1.54, 1.807) is 18.0 Å². The molecule has 0 atom stereocenters. The summed E-state index contributed by atoms with van der Waals surface area (Å²) in [4.78, 5) is 17.8. The minimum absolute atomic E-state index is 0.125. The maximum absolute atomic E-state index is 12.3. The van der Waals surface area contributed by atoms with Crippen molar-refractivity contribution in [2.75, 3.05) is 0 Å². The van der Waals surface area contributed by atoms with Crippen LogP contribution < -0.4 is 0 Å². The summed E-state index contributed by atoms with van der Waals surface area (Å²) in [5.74, 6) is 0.427. The van der Waals surface area contributed by atoms with Crippen LogP contribution in [0.1, 0.15) is 29.8 Å². The fourth-order valence-corrected chi connectivity index (χ4v) is 3.52. The minimum Gasteiger partial charge on any atom is -0.459 e. The van der Waals surface area contributed by atoms with Gasteiger partial charge in [-0.15, -0.1) is 11.8 Å². The maximum Gasteiger partial charge on any atom is 0.338 e. The largest absolute Gasteiger partial charge is 0.459 e. The van der Waals surface area contributed by atoms with Crippen LogP contribution in [0, 0.1) is 0 Å². The van der Waals surface area contributed by atoms with Crippen LogP contribution in [0.15, 0.2) is 65.7 Å². The van der Waals surface area contributed by atoms with Crippen LogP contribution in [0.3, 0.4) is 0 Å². The van der Waals surface area contributed by atoms with Crippen LogP contribution in [-0.4, -0.2) is 17.1 Å². The Hall–Kier alpha value is -2.33. The summed E-state index contributed by atoms with van der Waals surface area (Å²) in [6.07, 6.45) is 1.68. The number of para-hydroxylation sites is 1. The molecule has 3 aromatic rings. The first kappa shape index (κ1) is 16.5. The summed E-state index contributed by atoms with van der Waals surface area (Å²) >= 11 is 1.68. The van der Waals surface area contributed by atoms with E-state index < -0.39 is 0 Å². The van der Waals surface area contributed by atoms with Crippen LogP contribution in [0.4, 0.5) is 0 Å². The highest BCUT2D eigenvalue weighted by Gasteiger charge is 2.14. The van der Waals surface area contributed by atoms with Gasteiger partial charge in [-0.3, -0.25) is 4.98 Å². The number of hydrogen-bond acceptors (Lipinski definition) is 4. The Morgan fingerprint density at radius 2 is 1.88 bits per heavy atom. The number of hydrogen-bond donors (Lipinski definition) is 0. The van der Waals surface area contributed by atoms with Gasteiger partial charge < -0.3 is 4.74 Å². The molecule has 1 heterocycles. The molecule has 24 heavy (non-hydrogen) atoms. The van der Waals surface area contributed by atoms with Crippen LogP contribution in [0.2, 0.25) is 0 Å². The Bertz CT molecular complexity index is 856. The maximum atomic E-state index is 12.3. The standard InChI is InChI=1S/C20H19NO2S/c1-14(2)23-20(22)17-10-4-3-7-16(17)13-24-18-11-5-8-15-9-6-12-21-19(15)18/h3-12,14H,13H2,1-2H3. The number of fused-ring (bicyclic) bond motifs is 1. The lowest BCUT2D eigenvalue weighted by molar-refractivity contribution is 0.0377. The molecule has 0 saturated carbocycles. The normalized spacial score (nSPS) is 11.0. The molecule has 0 saturated heterocycles. The first-order chi connectivity index (χ1) is 11.6. The number of aromatic nitrogens is 1. The van der Waals surface area contributed by atoms with Crippen molar-refractivity contribution < 1.29 is 9.53 Å². The van der Waals surface area contributed by atoms with Crippen molar-refractivity contribution in [2.45, 2.75) is 30.6 Å². The second kappa shape index (κ2) is 7.49. The van der Waals surface area contributed by atoms with Crippen LogP contribution in [0.5, 0.6) is 0 Å². The van der Waals surface area contributed by atoms with E-state index in [1.807, 2.05) is 50.2 Å². The zero-order valence-electron chi connectivity index (χ0n) is 13.7. The summed E-state index contributed by atoms with van der Waals surface area (Å²) in [6, 6.07) is 17.8. The third-order valence-electron chi connectivity index (χ3n) is 3.56. The second-order valence-electron chi connectivity index (χ2n) is 5.73. The molecule has 0 aliphatic rings. The number of nitrogens with zero attached hydrogens (tertiary/aromatic N) is 1. The first-order valence-electron chi connectivity index (χ1n) is 7.90. The molecule has 3 nitrogen and oxygen atoms in total. The van der Waals surface area contributed by atoms with Gasteiger partial charge in [-0.05, 0) is 37.6 Å². The Kier molecular flexibility index (Phi) is 5.16. The van der Waals surface area contributed by atoms with E-state index in [4.69, 9.17) is 4.74 Å². The predicted molar refractivity (Wildman–Crippen MR) is 98.3 cm³/mol.